The van der Waals surface area contributed by atoms with Crippen LogP contribution in [0.1, 0.15) is 18.9 Å². The summed E-state index contributed by atoms with van der Waals surface area (Å²) < 4.78 is 6.43. The van der Waals surface area contributed by atoms with Crippen molar-refractivity contribution >= 4 is 50.6 Å². The number of aryl methyl sites for hydroxylation is 1. The number of hydrogen-bond donors (Lipinski definition) is 3. The monoisotopic (exact) mass is 404 g/mol. The summed E-state index contributed by atoms with van der Waals surface area (Å²) in [7, 11) is 0. The van der Waals surface area contributed by atoms with E-state index in [9.17, 15) is 9.90 Å². The van der Waals surface area contributed by atoms with Gasteiger partial charge in [-0.1, -0.05) is 0 Å². The van der Waals surface area contributed by atoms with Crippen LogP contribution in [-0.2, 0) is 16.0 Å². The van der Waals surface area contributed by atoms with E-state index in [0.29, 0.717) is 23.0 Å². The Balaban J connectivity index is 1.87. The minimum Gasteiger partial charge on any atom is -0.462 e. The van der Waals surface area contributed by atoms with E-state index < -0.39 is 12.0 Å². The fourth-order valence-corrected chi connectivity index (χ4v) is 3.82. The van der Waals surface area contributed by atoms with Gasteiger partial charge in [0.2, 0.25) is 0 Å². The number of carbonyl (C=O) groups excluding carboxylic acids is 1. The Morgan fingerprint density at radius 1 is 1.59 bits per heavy atom. The topological polar surface area (TPSA) is 70.6 Å². The van der Waals surface area contributed by atoms with Crippen LogP contribution in [0.2, 0.25) is 0 Å². The van der Waals surface area contributed by atoms with Gasteiger partial charge in [0, 0.05) is 5.70 Å². The lowest BCUT2D eigenvalue weighted by atomic mass is 10.0. The number of carbonyl (C=O) groups is 1. The summed E-state index contributed by atoms with van der Waals surface area (Å²) in [6.45, 7) is 1.86. The van der Waals surface area contributed by atoms with E-state index >= 15 is 0 Å². The van der Waals surface area contributed by atoms with Crippen LogP contribution >= 0.6 is 39.5 Å². The molecule has 1 aliphatic heterocycles. The Hall–Kier alpha value is -0.960. The molecule has 0 bridgehead atoms. The van der Waals surface area contributed by atoms with E-state index in [4.69, 9.17) is 17.0 Å². The number of esters is 1. The van der Waals surface area contributed by atoms with Crippen LogP contribution in [0.15, 0.2) is 26.5 Å². The number of hydrogen-bond acceptors (Lipinski definition) is 5. The van der Waals surface area contributed by atoms with Crippen molar-refractivity contribution in [1.29, 1.82) is 0 Å². The second-order valence-corrected chi connectivity index (χ2v) is 7.47. The number of rotatable bonds is 6. The Morgan fingerprint density at radius 2 is 2.36 bits per heavy atom. The molecular weight excluding hydrogens is 388 g/mol. The molecule has 1 aliphatic rings. The van der Waals surface area contributed by atoms with Crippen LogP contribution in [0, 0.1) is 0 Å². The van der Waals surface area contributed by atoms with E-state index in [-0.39, 0.29) is 6.61 Å². The van der Waals surface area contributed by atoms with Crippen molar-refractivity contribution < 1.29 is 14.6 Å². The molecule has 2 heterocycles. The maximum absolute atomic E-state index is 12.2. The maximum atomic E-state index is 12.2. The summed E-state index contributed by atoms with van der Waals surface area (Å²) in [5.41, 5.74) is 2.23. The van der Waals surface area contributed by atoms with E-state index in [1.54, 1.807) is 18.3 Å². The van der Waals surface area contributed by atoms with Crippen molar-refractivity contribution in [3.05, 3.63) is 32.1 Å². The van der Waals surface area contributed by atoms with Crippen molar-refractivity contribution in [2.45, 2.75) is 25.8 Å². The molecule has 0 aromatic carbocycles. The quantitative estimate of drug-likeness (QED) is 0.383. The van der Waals surface area contributed by atoms with Gasteiger partial charge in [0.25, 0.3) is 0 Å². The fraction of sp³-hybridized carbons (Fsp3) is 0.429. The predicted octanol–water partition coefficient (Wildman–Crippen LogP) is 2.10. The molecule has 0 radical (unpaired) electrons. The first-order chi connectivity index (χ1) is 10.5. The summed E-state index contributed by atoms with van der Waals surface area (Å²) in [6.07, 6.45) is 1.59. The van der Waals surface area contributed by atoms with E-state index in [1.807, 2.05) is 5.38 Å². The van der Waals surface area contributed by atoms with E-state index in [0.717, 1.165) is 16.6 Å². The van der Waals surface area contributed by atoms with Crippen LogP contribution in [0.5, 0.6) is 0 Å². The molecule has 8 heteroatoms. The smallest absolute Gasteiger partial charge is 0.337 e. The Kier molecular flexibility index (Phi) is 6.37. The number of thiophene rings is 1. The number of thiocarbonyl (C=S) groups is 1. The molecule has 1 aromatic rings. The second kappa shape index (κ2) is 8.05. The van der Waals surface area contributed by atoms with Gasteiger partial charge in [0.15, 0.2) is 5.11 Å². The van der Waals surface area contributed by atoms with Gasteiger partial charge in [-0.15, -0.1) is 11.3 Å². The lowest BCUT2D eigenvalue weighted by molar-refractivity contribution is -0.139. The number of halogens is 1. The number of aliphatic hydroxyl groups is 1. The molecule has 0 spiro atoms. The predicted molar refractivity (Wildman–Crippen MR) is 93.7 cm³/mol. The third-order valence-corrected chi connectivity index (χ3v) is 5.31. The molecule has 1 aromatic heterocycles. The second-order valence-electron chi connectivity index (χ2n) is 4.83. The number of allylic oxidation sites excluding steroid dienone is 1. The number of nitrogens with one attached hydrogen (secondary N) is 2. The molecule has 1 unspecified atom stereocenters. The molecule has 0 aliphatic carbocycles. The van der Waals surface area contributed by atoms with Gasteiger partial charge in [-0.3, -0.25) is 0 Å². The Labute approximate surface area is 146 Å². The van der Waals surface area contributed by atoms with Gasteiger partial charge in [-0.25, -0.2) is 4.79 Å². The molecular formula is C14H17BrN2O3S2. The minimum absolute atomic E-state index is 0.217. The van der Waals surface area contributed by atoms with Crippen molar-refractivity contribution in [3.63, 3.8) is 0 Å². The Morgan fingerprint density at radius 3 is 3.00 bits per heavy atom. The average Bonchev–Trinajstić information content (AvgIpc) is 2.87. The van der Waals surface area contributed by atoms with E-state index in [2.05, 4.69) is 32.6 Å². The molecule has 22 heavy (non-hydrogen) atoms. The SMILES string of the molecule is CC1=C(C(=O)OCCCc2ccsc2Br)C(CO)NC(=S)N1. The first kappa shape index (κ1) is 17.4. The van der Waals surface area contributed by atoms with Gasteiger partial charge in [0.05, 0.1) is 28.6 Å². The summed E-state index contributed by atoms with van der Waals surface area (Å²) in [5.74, 6) is -0.427. The third kappa shape index (κ3) is 4.28. The zero-order valence-corrected chi connectivity index (χ0v) is 15.2. The van der Waals surface area contributed by atoms with Crippen molar-refractivity contribution in [1.82, 2.24) is 10.6 Å². The fourth-order valence-electron chi connectivity index (χ4n) is 2.20. The van der Waals surface area contributed by atoms with Crippen molar-refractivity contribution in [2.75, 3.05) is 13.2 Å². The minimum atomic E-state index is -0.521. The molecule has 5 nitrogen and oxygen atoms in total. The standard InChI is InChI=1S/C14H17BrN2O3S2/c1-8-11(10(7-18)17-14(21)16-8)13(19)20-5-2-3-9-4-6-22-12(9)15/h4,6,10,18H,2-3,5,7H2,1H3,(H2,16,17,21). The summed E-state index contributed by atoms with van der Waals surface area (Å²) >= 11 is 10.1. The lowest BCUT2D eigenvalue weighted by Crippen LogP contribution is -2.51. The normalized spacial score (nSPS) is 18.0. The first-order valence-corrected chi connectivity index (χ1v) is 8.89. The molecule has 0 saturated heterocycles. The Bertz CT molecular complexity index is 601. The van der Waals surface area contributed by atoms with Gasteiger partial charge in [0.1, 0.15) is 0 Å². The highest BCUT2D eigenvalue weighted by Gasteiger charge is 2.28. The molecule has 1 atom stereocenters. The number of aliphatic hydroxyl groups excluding tert-OH is 1. The van der Waals surface area contributed by atoms with Gasteiger partial charge in [-0.2, -0.15) is 0 Å². The zero-order chi connectivity index (χ0) is 16.1. The van der Waals surface area contributed by atoms with Gasteiger partial charge in [-0.05, 0) is 64.9 Å². The van der Waals surface area contributed by atoms with Gasteiger partial charge >= 0.3 is 5.97 Å². The van der Waals surface area contributed by atoms with Crippen LogP contribution in [-0.4, -0.2) is 35.4 Å². The largest absolute Gasteiger partial charge is 0.462 e. The third-order valence-electron chi connectivity index (χ3n) is 3.28. The van der Waals surface area contributed by atoms with Crippen molar-refractivity contribution in [2.24, 2.45) is 0 Å². The summed E-state index contributed by atoms with van der Waals surface area (Å²) in [6, 6.07) is 1.54. The first-order valence-electron chi connectivity index (χ1n) is 6.81. The molecule has 2 rings (SSSR count). The average molecular weight is 405 g/mol. The molecule has 0 saturated carbocycles. The van der Waals surface area contributed by atoms with Crippen LogP contribution in [0.25, 0.3) is 0 Å². The van der Waals surface area contributed by atoms with Crippen LogP contribution in [0.4, 0.5) is 0 Å². The highest BCUT2D eigenvalue weighted by molar-refractivity contribution is 9.11. The van der Waals surface area contributed by atoms with Crippen molar-refractivity contribution in [3.8, 4) is 0 Å². The molecule has 3 N–H and O–H groups in total. The molecule has 0 amide bonds. The summed E-state index contributed by atoms with van der Waals surface area (Å²) in [4.78, 5) is 12.2. The summed E-state index contributed by atoms with van der Waals surface area (Å²) in [5, 5.41) is 17.5. The highest BCUT2D eigenvalue weighted by atomic mass is 79.9. The number of ether oxygens (including phenoxy) is 1. The molecule has 120 valence electrons. The van der Waals surface area contributed by atoms with Gasteiger partial charge < -0.3 is 20.5 Å². The van der Waals surface area contributed by atoms with Crippen LogP contribution < -0.4 is 10.6 Å². The highest BCUT2D eigenvalue weighted by Crippen LogP contribution is 2.24. The lowest BCUT2D eigenvalue weighted by Gasteiger charge is -2.28. The van der Waals surface area contributed by atoms with Crippen LogP contribution in [0.3, 0.4) is 0 Å². The zero-order valence-electron chi connectivity index (χ0n) is 12.0. The molecule has 0 fully saturated rings. The van der Waals surface area contributed by atoms with E-state index in [1.165, 1.54) is 5.56 Å². The maximum Gasteiger partial charge on any atom is 0.337 e.